The normalized spacial score (nSPS) is 14.5. The molecule has 0 amide bonds. The van der Waals surface area contributed by atoms with E-state index < -0.39 is 0 Å². The molecule has 0 aromatic heterocycles. The predicted molar refractivity (Wildman–Crippen MR) is 64.0 cm³/mol. The van der Waals surface area contributed by atoms with E-state index in [1.807, 2.05) is 0 Å². The highest BCUT2D eigenvalue weighted by atomic mass is 19.1. The number of carbonyl (C=O) groups is 1. The fourth-order valence-corrected chi connectivity index (χ4v) is 2.29. The fraction of sp³-hybridized carbons (Fsp3) is 0.500. The quantitative estimate of drug-likeness (QED) is 0.739. The molecule has 2 heteroatoms. The van der Waals surface area contributed by atoms with Gasteiger partial charge in [0, 0.05) is 6.42 Å². The first-order valence-corrected chi connectivity index (χ1v) is 5.73. The number of hydrogen-bond donors (Lipinski definition) is 0. The Kier molecular flexibility index (Phi) is 4.22. The highest BCUT2D eigenvalue weighted by Crippen LogP contribution is 2.32. The summed E-state index contributed by atoms with van der Waals surface area (Å²) in [5.41, 5.74) is 0.889. The third-order valence-electron chi connectivity index (χ3n) is 2.98. The third-order valence-corrected chi connectivity index (χ3v) is 2.98. The Balaban J connectivity index is 3.00. The van der Waals surface area contributed by atoms with Crippen LogP contribution in [-0.2, 0) is 10.2 Å². The molecule has 1 aromatic carbocycles. The first-order chi connectivity index (χ1) is 7.48. The lowest BCUT2D eigenvalue weighted by Gasteiger charge is -2.29. The minimum Gasteiger partial charge on any atom is -0.300 e. The molecule has 0 radical (unpaired) electrons. The van der Waals surface area contributed by atoms with Crippen molar-refractivity contribution < 1.29 is 9.18 Å². The smallest absolute Gasteiger partial charge is 0.130 e. The van der Waals surface area contributed by atoms with Crippen LogP contribution in [0.4, 0.5) is 4.39 Å². The molecule has 0 N–H and O–H groups in total. The Bertz CT molecular complexity index is 356. The van der Waals surface area contributed by atoms with Gasteiger partial charge in [-0.3, -0.25) is 4.79 Å². The summed E-state index contributed by atoms with van der Waals surface area (Å²) in [6, 6.07) is 6.49. The van der Waals surface area contributed by atoms with Crippen LogP contribution in [0.15, 0.2) is 24.3 Å². The summed E-state index contributed by atoms with van der Waals surface area (Å²) < 4.78 is 12.9. The molecule has 0 aliphatic carbocycles. The second-order valence-corrected chi connectivity index (χ2v) is 4.70. The van der Waals surface area contributed by atoms with Gasteiger partial charge >= 0.3 is 0 Å². The topological polar surface area (TPSA) is 17.1 Å². The van der Waals surface area contributed by atoms with E-state index in [-0.39, 0.29) is 17.0 Å². The molecule has 0 bridgehead atoms. The summed E-state index contributed by atoms with van der Waals surface area (Å²) in [5, 5.41) is 0. The summed E-state index contributed by atoms with van der Waals surface area (Å²) in [4.78, 5) is 11.3. The minimum atomic E-state index is -0.231. The molecule has 1 rings (SSSR count). The Hall–Kier alpha value is -1.18. The SMILES string of the molecule is CCCC(C)(CC(C)=O)c1ccc(F)cc1. The zero-order valence-corrected chi connectivity index (χ0v) is 10.2. The number of carbonyl (C=O) groups excluding carboxylic acids is 1. The van der Waals surface area contributed by atoms with E-state index in [0.717, 1.165) is 18.4 Å². The molecular weight excluding hydrogens is 203 g/mol. The van der Waals surface area contributed by atoms with Crippen LogP contribution in [0.25, 0.3) is 0 Å². The van der Waals surface area contributed by atoms with Gasteiger partial charge in [0.05, 0.1) is 0 Å². The molecule has 1 nitrogen and oxygen atoms in total. The van der Waals surface area contributed by atoms with Crippen molar-refractivity contribution in [1.82, 2.24) is 0 Å². The van der Waals surface area contributed by atoms with E-state index in [1.165, 1.54) is 12.1 Å². The van der Waals surface area contributed by atoms with Crippen molar-refractivity contribution in [3.05, 3.63) is 35.6 Å². The van der Waals surface area contributed by atoms with Crippen LogP contribution in [0.2, 0.25) is 0 Å². The zero-order valence-electron chi connectivity index (χ0n) is 10.2. The maximum Gasteiger partial charge on any atom is 0.130 e. The Morgan fingerprint density at radius 2 is 1.88 bits per heavy atom. The molecule has 1 unspecified atom stereocenters. The van der Waals surface area contributed by atoms with Gasteiger partial charge < -0.3 is 0 Å². The second kappa shape index (κ2) is 5.24. The zero-order chi connectivity index (χ0) is 12.2. The number of ketones is 1. The van der Waals surface area contributed by atoms with Crippen LogP contribution in [0.5, 0.6) is 0 Å². The van der Waals surface area contributed by atoms with Crippen molar-refractivity contribution >= 4 is 5.78 Å². The van der Waals surface area contributed by atoms with Gasteiger partial charge in [0.1, 0.15) is 11.6 Å². The number of halogens is 1. The molecule has 0 fully saturated rings. The molecule has 1 atom stereocenters. The molecule has 0 saturated heterocycles. The lowest BCUT2D eigenvalue weighted by atomic mass is 9.75. The Morgan fingerprint density at radius 1 is 1.31 bits per heavy atom. The molecule has 0 aliphatic rings. The van der Waals surface area contributed by atoms with Gasteiger partial charge in [-0.1, -0.05) is 32.4 Å². The van der Waals surface area contributed by atoms with Crippen LogP contribution >= 0.6 is 0 Å². The second-order valence-electron chi connectivity index (χ2n) is 4.70. The highest BCUT2D eigenvalue weighted by molar-refractivity contribution is 5.77. The molecule has 88 valence electrons. The van der Waals surface area contributed by atoms with Crippen molar-refractivity contribution in [2.75, 3.05) is 0 Å². The van der Waals surface area contributed by atoms with Gasteiger partial charge in [0.15, 0.2) is 0 Å². The highest BCUT2D eigenvalue weighted by Gasteiger charge is 2.27. The maximum atomic E-state index is 12.9. The lowest BCUT2D eigenvalue weighted by molar-refractivity contribution is -0.118. The first kappa shape index (κ1) is 12.9. The van der Waals surface area contributed by atoms with Crippen molar-refractivity contribution in [2.24, 2.45) is 0 Å². The van der Waals surface area contributed by atoms with E-state index in [4.69, 9.17) is 0 Å². The van der Waals surface area contributed by atoms with Crippen LogP contribution in [0.1, 0.15) is 45.6 Å². The van der Waals surface area contributed by atoms with Gasteiger partial charge in [0.25, 0.3) is 0 Å². The molecule has 16 heavy (non-hydrogen) atoms. The molecule has 0 heterocycles. The summed E-state index contributed by atoms with van der Waals surface area (Å²) in [6.07, 6.45) is 2.48. The number of Topliss-reactive ketones (excluding diaryl/α,β-unsaturated/α-hetero) is 1. The summed E-state index contributed by atoms with van der Waals surface area (Å²) >= 11 is 0. The van der Waals surface area contributed by atoms with E-state index in [1.54, 1.807) is 19.1 Å². The minimum absolute atomic E-state index is 0.158. The van der Waals surface area contributed by atoms with Crippen molar-refractivity contribution in [1.29, 1.82) is 0 Å². The average molecular weight is 222 g/mol. The summed E-state index contributed by atoms with van der Waals surface area (Å²) in [6.45, 7) is 5.78. The van der Waals surface area contributed by atoms with Gasteiger partial charge in [0.2, 0.25) is 0 Å². The predicted octanol–water partition coefficient (Wildman–Crippen LogP) is 3.86. The molecule has 0 spiro atoms. The van der Waals surface area contributed by atoms with E-state index in [0.29, 0.717) is 6.42 Å². The van der Waals surface area contributed by atoms with Gasteiger partial charge in [-0.05, 0) is 36.5 Å². The third kappa shape index (κ3) is 3.16. The van der Waals surface area contributed by atoms with Gasteiger partial charge in [-0.15, -0.1) is 0 Å². The van der Waals surface area contributed by atoms with Crippen LogP contribution in [-0.4, -0.2) is 5.78 Å². The largest absolute Gasteiger partial charge is 0.300 e. The number of hydrogen-bond acceptors (Lipinski definition) is 1. The monoisotopic (exact) mass is 222 g/mol. The molecule has 0 aliphatic heterocycles. The van der Waals surface area contributed by atoms with Crippen molar-refractivity contribution in [2.45, 2.75) is 45.4 Å². The Labute approximate surface area is 96.7 Å². The molecular formula is C14H19FO. The van der Waals surface area contributed by atoms with Gasteiger partial charge in [-0.2, -0.15) is 0 Å². The van der Waals surface area contributed by atoms with Crippen molar-refractivity contribution in [3.8, 4) is 0 Å². The summed E-state index contributed by atoms with van der Waals surface area (Å²) in [7, 11) is 0. The van der Waals surface area contributed by atoms with Crippen LogP contribution in [0, 0.1) is 5.82 Å². The Morgan fingerprint density at radius 3 is 2.31 bits per heavy atom. The van der Waals surface area contributed by atoms with E-state index >= 15 is 0 Å². The number of rotatable bonds is 5. The number of benzene rings is 1. The average Bonchev–Trinajstić information content (AvgIpc) is 2.17. The van der Waals surface area contributed by atoms with E-state index in [9.17, 15) is 9.18 Å². The van der Waals surface area contributed by atoms with Crippen LogP contribution in [0.3, 0.4) is 0 Å². The standard InChI is InChI=1S/C14H19FO/c1-4-9-14(3,10-11(2)16)12-5-7-13(15)8-6-12/h5-8H,4,9-10H2,1-3H3. The van der Waals surface area contributed by atoms with Crippen molar-refractivity contribution in [3.63, 3.8) is 0 Å². The van der Waals surface area contributed by atoms with Crippen LogP contribution < -0.4 is 0 Å². The molecule has 1 aromatic rings. The lowest BCUT2D eigenvalue weighted by Crippen LogP contribution is -2.24. The summed E-state index contributed by atoms with van der Waals surface area (Å²) in [5.74, 6) is -0.0503. The van der Waals surface area contributed by atoms with E-state index in [2.05, 4.69) is 13.8 Å². The maximum absolute atomic E-state index is 12.9. The molecule has 0 saturated carbocycles. The van der Waals surface area contributed by atoms with Gasteiger partial charge in [-0.25, -0.2) is 4.39 Å². The fourth-order valence-electron chi connectivity index (χ4n) is 2.29. The first-order valence-electron chi connectivity index (χ1n) is 5.73.